The third kappa shape index (κ3) is 7.07. The Kier molecular flexibility index (Phi) is 9.93. The van der Waals surface area contributed by atoms with Gasteiger partial charge < -0.3 is 24.0 Å². The number of benzene rings is 2. The first-order valence-corrected chi connectivity index (χ1v) is 19.2. The number of ether oxygens (including phenoxy) is 3. The first kappa shape index (κ1) is 34.0. The van der Waals surface area contributed by atoms with Crippen LogP contribution < -0.4 is 9.80 Å². The quantitative estimate of drug-likeness (QED) is 0.238. The molecule has 9 heteroatoms. The number of fused-ring (bicyclic) bond motifs is 3. The van der Waals surface area contributed by atoms with Crippen LogP contribution in [0.5, 0.6) is 0 Å². The predicted octanol–water partition coefficient (Wildman–Crippen LogP) is 6.25. The van der Waals surface area contributed by atoms with Gasteiger partial charge in [0.15, 0.2) is 11.9 Å². The zero-order valence-corrected chi connectivity index (χ0v) is 29.3. The summed E-state index contributed by atoms with van der Waals surface area (Å²) in [4.78, 5) is 56.3. The average Bonchev–Trinajstić information content (AvgIpc) is 3.97. The zero-order chi connectivity index (χ0) is 34.9. The van der Waals surface area contributed by atoms with Gasteiger partial charge in [0.2, 0.25) is 11.8 Å². The molecular weight excluding hydrogens is 644 g/mol. The number of esters is 1. The molecule has 0 spiro atoms. The second-order valence-electron chi connectivity index (χ2n) is 15.2. The van der Waals surface area contributed by atoms with Crippen LogP contribution in [0.25, 0.3) is 12.2 Å². The molecule has 0 aromatic heterocycles. The minimum atomic E-state index is -0.593. The summed E-state index contributed by atoms with van der Waals surface area (Å²) in [5.41, 5.74) is 6.04. The summed E-state index contributed by atoms with van der Waals surface area (Å²) in [7, 11) is 0. The molecule has 2 saturated carbocycles. The van der Waals surface area contributed by atoms with Crippen molar-refractivity contribution in [3.63, 3.8) is 0 Å². The molecule has 0 radical (unpaired) electrons. The van der Waals surface area contributed by atoms with Crippen molar-refractivity contribution in [2.45, 2.75) is 95.4 Å². The molecule has 51 heavy (non-hydrogen) atoms. The van der Waals surface area contributed by atoms with Gasteiger partial charge in [0.05, 0.1) is 25.2 Å². The van der Waals surface area contributed by atoms with Crippen molar-refractivity contribution >= 4 is 47.1 Å². The van der Waals surface area contributed by atoms with Gasteiger partial charge in [-0.15, -0.1) is 0 Å². The zero-order valence-electron chi connectivity index (χ0n) is 29.3. The Balaban J connectivity index is 0.829. The highest BCUT2D eigenvalue weighted by Crippen LogP contribution is 2.37. The van der Waals surface area contributed by atoms with E-state index in [0.717, 1.165) is 97.8 Å². The van der Waals surface area contributed by atoms with E-state index in [1.54, 1.807) is 12.2 Å². The van der Waals surface area contributed by atoms with Crippen molar-refractivity contribution in [2.24, 2.45) is 17.8 Å². The number of carbonyl (C=O) groups excluding carboxylic acids is 4. The minimum Gasteiger partial charge on any atom is -0.454 e. The number of hydrogen-bond acceptors (Lipinski definition) is 7. The maximum Gasteiger partial charge on any atom is 0.331 e. The number of rotatable bonds is 8. The van der Waals surface area contributed by atoms with E-state index in [9.17, 15) is 19.2 Å². The molecule has 268 valence electrons. The van der Waals surface area contributed by atoms with Gasteiger partial charge in [0.1, 0.15) is 6.10 Å². The monoisotopic (exact) mass is 692 g/mol. The molecule has 2 aliphatic carbocycles. The van der Waals surface area contributed by atoms with Gasteiger partial charge in [0, 0.05) is 42.4 Å². The molecule has 4 atom stereocenters. The van der Waals surface area contributed by atoms with E-state index in [1.807, 2.05) is 46.2 Å². The van der Waals surface area contributed by atoms with Crippen LogP contribution in [0.3, 0.4) is 0 Å². The van der Waals surface area contributed by atoms with Crippen molar-refractivity contribution < 1.29 is 33.4 Å². The third-order valence-electron chi connectivity index (χ3n) is 11.9. The van der Waals surface area contributed by atoms with E-state index >= 15 is 0 Å². The molecule has 2 amide bonds. The summed E-state index contributed by atoms with van der Waals surface area (Å²) >= 11 is 0. The van der Waals surface area contributed by atoms with Crippen LogP contribution in [-0.2, 0) is 46.2 Å². The van der Waals surface area contributed by atoms with Crippen molar-refractivity contribution in [3.8, 4) is 0 Å². The van der Waals surface area contributed by atoms with Crippen LogP contribution in [0, 0.1) is 17.8 Å². The van der Waals surface area contributed by atoms with Crippen molar-refractivity contribution in [3.05, 3.63) is 70.8 Å². The lowest BCUT2D eigenvalue weighted by molar-refractivity contribution is -0.147. The van der Waals surface area contributed by atoms with Crippen LogP contribution in [0.2, 0.25) is 0 Å². The van der Waals surface area contributed by atoms with Crippen LogP contribution in [0.1, 0.15) is 86.5 Å². The highest BCUT2D eigenvalue weighted by molar-refractivity contribution is 5.99. The van der Waals surface area contributed by atoms with Crippen LogP contribution in [-0.4, -0.2) is 68.2 Å². The van der Waals surface area contributed by atoms with E-state index < -0.39 is 30.2 Å². The molecule has 2 aromatic rings. The number of nitrogens with zero attached hydrogens (tertiary/aromatic N) is 2. The molecule has 6 aliphatic rings. The lowest BCUT2D eigenvalue weighted by Crippen LogP contribution is -2.35. The number of hydrogen-bond donors (Lipinski definition) is 0. The summed E-state index contributed by atoms with van der Waals surface area (Å²) in [6, 6.07) is 12.0. The van der Waals surface area contributed by atoms with E-state index in [1.165, 1.54) is 18.9 Å². The molecule has 2 saturated heterocycles. The van der Waals surface area contributed by atoms with Crippen molar-refractivity contribution in [1.29, 1.82) is 0 Å². The molecule has 9 nitrogen and oxygen atoms in total. The van der Waals surface area contributed by atoms with E-state index in [2.05, 4.69) is 6.07 Å². The molecule has 8 rings (SSSR count). The normalized spacial score (nSPS) is 26.5. The summed E-state index contributed by atoms with van der Waals surface area (Å²) in [5.74, 6) is -0.259. The largest absolute Gasteiger partial charge is 0.454 e. The molecule has 0 N–H and O–H groups in total. The Bertz CT molecular complexity index is 1740. The fourth-order valence-corrected chi connectivity index (χ4v) is 9.11. The second-order valence-corrected chi connectivity index (χ2v) is 15.2. The van der Waals surface area contributed by atoms with E-state index in [4.69, 9.17) is 14.2 Å². The van der Waals surface area contributed by atoms with Gasteiger partial charge in [-0.3, -0.25) is 14.4 Å². The Morgan fingerprint density at radius 2 is 1.18 bits per heavy atom. The maximum absolute atomic E-state index is 13.3. The molecule has 0 bridgehead atoms. The van der Waals surface area contributed by atoms with Gasteiger partial charge in [0.25, 0.3) is 0 Å². The summed E-state index contributed by atoms with van der Waals surface area (Å²) in [5, 5.41) is 0. The molecular formula is C42H48N2O7. The Labute approximate surface area is 300 Å². The average molecular weight is 693 g/mol. The first-order chi connectivity index (χ1) is 24.9. The molecule has 0 unspecified atom stereocenters. The fourth-order valence-electron chi connectivity index (χ4n) is 9.11. The number of carbonyl (C=O) groups is 4. The Hall–Kier alpha value is -4.08. The molecule has 4 heterocycles. The van der Waals surface area contributed by atoms with Crippen molar-refractivity contribution in [1.82, 2.24) is 0 Å². The van der Waals surface area contributed by atoms with Crippen LogP contribution >= 0.6 is 0 Å². The second kappa shape index (κ2) is 14.9. The van der Waals surface area contributed by atoms with E-state index in [-0.39, 0.29) is 42.6 Å². The fraction of sp³-hybridized carbons (Fsp3) is 0.524. The lowest BCUT2D eigenvalue weighted by Gasteiger charge is -2.26. The summed E-state index contributed by atoms with van der Waals surface area (Å²) in [6.07, 6.45) is 17.6. The molecule has 4 fully saturated rings. The standard InChI is InChI=1S/C42H48N2O7/c45-36(17-13-27-11-15-34-31(23-27)19-21-43(34)41(47)29-7-3-1-4-8-29)33-25-49-40-37(26-50-39(33)40)51-38(46)18-14-28-12-16-35-32(24-28)20-22-44(35)42(48)30-9-5-2-6-10-30/h11-18,23-24,29-30,33,37,39-40H,1-10,19-22,25-26H2/b17-13+,18-14+/t33-,37-,39-,40-/m1/s1. The summed E-state index contributed by atoms with van der Waals surface area (Å²) in [6.45, 7) is 1.81. The predicted molar refractivity (Wildman–Crippen MR) is 194 cm³/mol. The van der Waals surface area contributed by atoms with Gasteiger partial charge in [-0.2, -0.15) is 0 Å². The highest BCUT2D eigenvalue weighted by atomic mass is 16.6. The number of ketones is 1. The number of allylic oxidation sites excluding steroid dienone is 1. The van der Waals surface area contributed by atoms with Gasteiger partial charge >= 0.3 is 5.97 Å². The number of amides is 2. The Morgan fingerprint density at radius 3 is 1.75 bits per heavy atom. The number of anilines is 2. The summed E-state index contributed by atoms with van der Waals surface area (Å²) < 4.78 is 17.6. The van der Waals surface area contributed by atoms with Gasteiger partial charge in [-0.1, -0.05) is 56.7 Å². The van der Waals surface area contributed by atoms with Crippen molar-refractivity contribution in [2.75, 3.05) is 36.1 Å². The maximum atomic E-state index is 13.3. The smallest absolute Gasteiger partial charge is 0.331 e. The van der Waals surface area contributed by atoms with E-state index in [0.29, 0.717) is 13.1 Å². The Morgan fingerprint density at radius 1 is 0.647 bits per heavy atom. The van der Waals surface area contributed by atoms with Gasteiger partial charge in [-0.05, 0) is 97.2 Å². The third-order valence-corrected chi connectivity index (χ3v) is 11.9. The van der Waals surface area contributed by atoms with Crippen LogP contribution in [0.4, 0.5) is 11.4 Å². The molecule has 2 aromatic carbocycles. The van der Waals surface area contributed by atoms with Crippen LogP contribution in [0.15, 0.2) is 48.6 Å². The highest BCUT2D eigenvalue weighted by Gasteiger charge is 2.51. The molecule has 4 aliphatic heterocycles. The topological polar surface area (TPSA) is 102 Å². The first-order valence-electron chi connectivity index (χ1n) is 19.2. The lowest BCUT2D eigenvalue weighted by atomic mass is 9.88. The SMILES string of the molecule is O=C(/C=C/c1ccc2c(c1)CCN2C(=O)C1CCCCC1)O[C@@H]1CO[C@H]2[C@@H]1OC[C@@H]2C(=O)/C=C/c1ccc2c(c1)CCN2C(=O)C1CCCCC1. The minimum absolute atomic E-state index is 0.0837. The van der Waals surface area contributed by atoms with Gasteiger partial charge in [-0.25, -0.2) is 4.79 Å².